The molecule has 1 unspecified atom stereocenters. The van der Waals surface area contributed by atoms with Crippen molar-refractivity contribution in [3.8, 4) is 0 Å². The number of hydrogen-bond acceptors (Lipinski definition) is 6. The second kappa shape index (κ2) is 9.40. The van der Waals surface area contributed by atoms with E-state index in [2.05, 4.69) is 10.2 Å². The molecule has 2 aromatic carbocycles. The van der Waals surface area contributed by atoms with Gasteiger partial charge in [0.05, 0.1) is 29.7 Å². The second-order valence-electron chi connectivity index (χ2n) is 8.77. The molecule has 1 aromatic heterocycles. The van der Waals surface area contributed by atoms with Crippen molar-refractivity contribution in [1.29, 1.82) is 0 Å². The topological polar surface area (TPSA) is 92.1 Å². The standard InChI is InChI=1S/C25H29N3O5S/c1-18(24-16-19-6-2-3-7-23(19)33-24)26-25(29)21-17-20(8-9-22(21)27-10-4-5-11-27)34(30,31)28-12-14-32-15-13-28/h2-3,6-9,16-18H,4-5,10-15H2,1H3,(H,26,29). The van der Waals surface area contributed by atoms with Crippen LogP contribution in [0, 0.1) is 0 Å². The maximum atomic E-state index is 13.5. The molecule has 3 aromatic rings. The summed E-state index contributed by atoms with van der Waals surface area (Å²) in [6.07, 6.45) is 2.09. The number of fused-ring (bicyclic) bond motifs is 1. The third-order valence-corrected chi connectivity index (χ3v) is 8.38. The van der Waals surface area contributed by atoms with Gasteiger partial charge in [0, 0.05) is 37.3 Å². The summed E-state index contributed by atoms with van der Waals surface area (Å²) < 4.78 is 39.1. The fourth-order valence-electron chi connectivity index (χ4n) is 4.59. The molecule has 2 aliphatic heterocycles. The van der Waals surface area contributed by atoms with Gasteiger partial charge in [-0.2, -0.15) is 4.31 Å². The van der Waals surface area contributed by atoms with Gasteiger partial charge < -0.3 is 19.4 Å². The first-order valence-electron chi connectivity index (χ1n) is 11.7. The molecule has 2 fully saturated rings. The zero-order valence-corrected chi connectivity index (χ0v) is 20.0. The van der Waals surface area contributed by atoms with E-state index in [4.69, 9.17) is 9.15 Å². The third kappa shape index (κ3) is 4.43. The summed E-state index contributed by atoms with van der Waals surface area (Å²) in [7, 11) is -3.72. The third-order valence-electron chi connectivity index (χ3n) is 6.49. The molecular formula is C25H29N3O5S. The van der Waals surface area contributed by atoms with Crippen LogP contribution in [0.1, 0.15) is 41.9 Å². The molecule has 1 atom stereocenters. The smallest absolute Gasteiger partial charge is 0.254 e. The molecule has 1 N–H and O–H groups in total. The number of hydrogen-bond donors (Lipinski definition) is 1. The van der Waals surface area contributed by atoms with E-state index in [9.17, 15) is 13.2 Å². The number of nitrogens with one attached hydrogen (secondary N) is 1. The van der Waals surface area contributed by atoms with Crippen LogP contribution in [0.5, 0.6) is 0 Å². The normalized spacial score (nSPS) is 18.3. The van der Waals surface area contributed by atoms with Gasteiger partial charge in [0.15, 0.2) is 0 Å². The molecule has 180 valence electrons. The molecule has 1 amide bonds. The van der Waals surface area contributed by atoms with Crippen LogP contribution in [-0.2, 0) is 14.8 Å². The van der Waals surface area contributed by atoms with Gasteiger partial charge in [-0.25, -0.2) is 8.42 Å². The van der Waals surface area contributed by atoms with Crippen LogP contribution in [-0.4, -0.2) is 58.0 Å². The van der Waals surface area contributed by atoms with Gasteiger partial charge in [0.25, 0.3) is 5.91 Å². The number of ether oxygens (including phenoxy) is 1. The molecular weight excluding hydrogens is 454 g/mol. The Morgan fingerprint density at radius 3 is 2.47 bits per heavy atom. The molecule has 0 radical (unpaired) electrons. The summed E-state index contributed by atoms with van der Waals surface area (Å²) >= 11 is 0. The number of rotatable bonds is 6. The number of benzene rings is 2. The highest BCUT2D eigenvalue weighted by atomic mass is 32.2. The molecule has 34 heavy (non-hydrogen) atoms. The summed E-state index contributed by atoms with van der Waals surface area (Å²) in [5.41, 5.74) is 1.88. The van der Waals surface area contributed by atoms with Gasteiger partial charge >= 0.3 is 0 Å². The fraction of sp³-hybridized carbons (Fsp3) is 0.400. The van der Waals surface area contributed by atoms with Gasteiger partial charge in [-0.05, 0) is 50.1 Å². The highest BCUT2D eigenvalue weighted by Gasteiger charge is 2.29. The first-order valence-corrected chi connectivity index (χ1v) is 13.1. The maximum Gasteiger partial charge on any atom is 0.254 e. The number of carbonyl (C=O) groups excluding carboxylic acids is 1. The number of furan rings is 1. The van der Waals surface area contributed by atoms with E-state index in [0.717, 1.165) is 42.6 Å². The summed E-state index contributed by atoms with van der Waals surface area (Å²) in [5, 5.41) is 3.98. The molecule has 2 aliphatic rings. The van der Waals surface area contributed by atoms with Crippen LogP contribution in [0.15, 0.2) is 57.8 Å². The molecule has 3 heterocycles. The Balaban J connectivity index is 1.45. The van der Waals surface area contributed by atoms with Gasteiger partial charge in [0.2, 0.25) is 10.0 Å². The van der Waals surface area contributed by atoms with E-state index in [1.165, 1.54) is 10.4 Å². The Kier molecular flexibility index (Phi) is 6.33. The molecule has 0 spiro atoms. The van der Waals surface area contributed by atoms with E-state index in [-0.39, 0.29) is 16.8 Å². The first kappa shape index (κ1) is 22.9. The van der Waals surface area contributed by atoms with Crippen molar-refractivity contribution < 1.29 is 22.4 Å². The van der Waals surface area contributed by atoms with Crippen LogP contribution in [0.3, 0.4) is 0 Å². The molecule has 0 saturated carbocycles. The largest absolute Gasteiger partial charge is 0.459 e. The van der Waals surface area contributed by atoms with Crippen molar-refractivity contribution in [2.75, 3.05) is 44.3 Å². The number of nitrogens with zero attached hydrogens (tertiary/aromatic N) is 2. The highest BCUT2D eigenvalue weighted by Crippen LogP contribution is 2.30. The molecule has 0 bridgehead atoms. The van der Waals surface area contributed by atoms with Crippen LogP contribution in [0.25, 0.3) is 11.0 Å². The van der Waals surface area contributed by atoms with E-state index in [1.54, 1.807) is 12.1 Å². The van der Waals surface area contributed by atoms with Gasteiger partial charge in [-0.15, -0.1) is 0 Å². The number of sulfonamides is 1. The van der Waals surface area contributed by atoms with Crippen molar-refractivity contribution in [3.05, 3.63) is 59.9 Å². The summed E-state index contributed by atoms with van der Waals surface area (Å²) in [6, 6.07) is 14.1. The van der Waals surface area contributed by atoms with Crippen LogP contribution in [0.2, 0.25) is 0 Å². The highest BCUT2D eigenvalue weighted by molar-refractivity contribution is 7.89. The fourth-order valence-corrected chi connectivity index (χ4v) is 6.02. The predicted octanol–water partition coefficient (Wildman–Crippen LogP) is 3.54. The van der Waals surface area contributed by atoms with Crippen LogP contribution >= 0.6 is 0 Å². The zero-order chi connectivity index (χ0) is 23.7. The number of para-hydroxylation sites is 1. The summed E-state index contributed by atoms with van der Waals surface area (Å²) in [5.74, 6) is 0.322. The monoisotopic (exact) mass is 483 g/mol. The summed E-state index contributed by atoms with van der Waals surface area (Å²) in [6.45, 7) is 4.89. The minimum atomic E-state index is -3.72. The summed E-state index contributed by atoms with van der Waals surface area (Å²) in [4.78, 5) is 15.7. The average Bonchev–Trinajstić information content (AvgIpc) is 3.54. The Morgan fingerprint density at radius 1 is 1.00 bits per heavy atom. The molecule has 2 saturated heterocycles. The lowest BCUT2D eigenvalue weighted by molar-refractivity contribution is 0.0730. The Labute approximate surface area is 199 Å². The van der Waals surface area contributed by atoms with Crippen molar-refractivity contribution >= 4 is 32.6 Å². The minimum Gasteiger partial charge on any atom is -0.459 e. The van der Waals surface area contributed by atoms with E-state index in [1.807, 2.05) is 37.3 Å². The Hall–Kier alpha value is -2.88. The molecule has 9 heteroatoms. The van der Waals surface area contributed by atoms with Crippen molar-refractivity contribution in [3.63, 3.8) is 0 Å². The van der Waals surface area contributed by atoms with Crippen molar-refractivity contribution in [2.45, 2.75) is 30.7 Å². The van der Waals surface area contributed by atoms with Crippen molar-refractivity contribution in [1.82, 2.24) is 9.62 Å². The van der Waals surface area contributed by atoms with Gasteiger partial charge in [-0.3, -0.25) is 4.79 Å². The first-order chi connectivity index (χ1) is 16.4. The van der Waals surface area contributed by atoms with Gasteiger partial charge in [0.1, 0.15) is 11.3 Å². The Morgan fingerprint density at radius 2 is 1.74 bits per heavy atom. The number of morpholine rings is 1. The van der Waals surface area contributed by atoms with E-state index >= 15 is 0 Å². The number of anilines is 1. The maximum absolute atomic E-state index is 13.5. The molecule has 5 rings (SSSR count). The quantitative estimate of drug-likeness (QED) is 0.577. The predicted molar refractivity (Wildman–Crippen MR) is 130 cm³/mol. The number of carbonyl (C=O) groups is 1. The minimum absolute atomic E-state index is 0.124. The van der Waals surface area contributed by atoms with Crippen LogP contribution < -0.4 is 10.2 Å². The van der Waals surface area contributed by atoms with E-state index < -0.39 is 10.0 Å². The average molecular weight is 484 g/mol. The van der Waals surface area contributed by atoms with Crippen LogP contribution in [0.4, 0.5) is 5.69 Å². The lowest BCUT2D eigenvalue weighted by Crippen LogP contribution is -2.40. The second-order valence-corrected chi connectivity index (χ2v) is 10.7. The van der Waals surface area contributed by atoms with Crippen molar-refractivity contribution in [2.24, 2.45) is 0 Å². The molecule has 0 aliphatic carbocycles. The van der Waals surface area contributed by atoms with E-state index in [0.29, 0.717) is 37.6 Å². The number of amides is 1. The SMILES string of the molecule is CC(NC(=O)c1cc(S(=O)(=O)N2CCOCC2)ccc1N1CCCC1)c1cc2ccccc2o1. The molecule has 8 nitrogen and oxygen atoms in total. The van der Waals surface area contributed by atoms with Gasteiger partial charge in [-0.1, -0.05) is 18.2 Å². The lowest BCUT2D eigenvalue weighted by Gasteiger charge is -2.27. The lowest BCUT2D eigenvalue weighted by atomic mass is 10.1. The zero-order valence-electron chi connectivity index (χ0n) is 19.2. The Bertz CT molecular complexity index is 1260.